The van der Waals surface area contributed by atoms with Gasteiger partial charge in [0.2, 0.25) is 0 Å². The van der Waals surface area contributed by atoms with Crippen molar-refractivity contribution in [2.75, 3.05) is 43.6 Å². The van der Waals surface area contributed by atoms with Crippen LogP contribution in [0.2, 0.25) is 0 Å². The predicted octanol–water partition coefficient (Wildman–Crippen LogP) is 3.89. The number of carbonyl (C=O) groups is 1. The first-order valence-corrected chi connectivity index (χ1v) is 9.84. The Morgan fingerprint density at radius 2 is 2.00 bits per heavy atom. The number of hydrogen-bond donors (Lipinski definition) is 1. The molecule has 1 aliphatic rings. The Morgan fingerprint density at radius 3 is 2.75 bits per heavy atom. The number of benzene rings is 2. The first kappa shape index (κ1) is 18.5. The number of anilines is 2. The number of morpholine rings is 1. The molecule has 1 aliphatic heterocycles. The van der Waals surface area contributed by atoms with Gasteiger partial charge >= 0.3 is 6.09 Å². The molecule has 1 aromatic heterocycles. The molecule has 2 aromatic carbocycles. The Balaban J connectivity index is 1.53. The normalized spacial score (nSPS) is 14.1. The zero-order valence-electron chi connectivity index (χ0n) is 15.5. The highest BCUT2D eigenvalue weighted by Crippen LogP contribution is 2.39. The Bertz CT molecular complexity index is 955. The third kappa shape index (κ3) is 4.02. The van der Waals surface area contributed by atoms with Crippen LogP contribution >= 0.6 is 11.3 Å². The number of nitrogens with zero attached hydrogens (tertiary/aromatic N) is 2. The maximum Gasteiger partial charge on any atom is 0.413 e. The molecule has 0 atom stereocenters. The number of thiazole rings is 1. The molecule has 4 rings (SSSR count). The summed E-state index contributed by atoms with van der Waals surface area (Å²) in [6, 6.07) is 13.5. The average Bonchev–Trinajstić information content (AvgIpc) is 3.16. The van der Waals surface area contributed by atoms with Gasteiger partial charge in [0.25, 0.3) is 0 Å². The van der Waals surface area contributed by atoms with Crippen molar-refractivity contribution in [3.63, 3.8) is 0 Å². The summed E-state index contributed by atoms with van der Waals surface area (Å²) in [6.45, 7) is 3.24. The zero-order chi connectivity index (χ0) is 19.3. The highest BCUT2D eigenvalue weighted by atomic mass is 32.1. The molecule has 0 bridgehead atoms. The van der Waals surface area contributed by atoms with Crippen molar-refractivity contribution in [3.8, 4) is 5.75 Å². The van der Waals surface area contributed by atoms with Gasteiger partial charge in [0, 0.05) is 13.1 Å². The minimum atomic E-state index is -0.533. The van der Waals surface area contributed by atoms with E-state index in [0.717, 1.165) is 34.6 Å². The monoisotopic (exact) mass is 399 g/mol. The Kier molecular flexibility index (Phi) is 5.59. The molecular weight excluding hydrogens is 378 g/mol. The number of nitrogens with one attached hydrogen (secondary N) is 1. The lowest BCUT2D eigenvalue weighted by molar-refractivity contribution is 0.123. The minimum Gasteiger partial charge on any atom is -0.494 e. The van der Waals surface area contributed by atoms with Crippen LogP contribution in [0, 0.1) is 0 Å². The molecule has 7 nitrogen and oxygen atoms in total. The SMILES string of the molecule is COc1ccc(N2CCOCC2)c2sc(NC(=O)OCc3ccccc3)nc12. The molecule has 3 aromatic rings. The van der Waals surface area contributed by atoms with Gasteiger partial charge in [0.05, 0.1) is 30.7 Å². The van der Waals surface area contributed by atoms with Crippen LogP contribution in [0.5, 0.6) is 5.75 Å². The van der Waals surface area contributed by atoms with Crippen LogP contribution in [-0.2, 0) is 16.1 Å². The summed E-state index contributed by atoms with van der Waals surface area (Å²) in [5.41, 5.74) is 2.73. The van der Waals surface area contributed by atoms with E-state index in [2.05, 4.69) is 15.2 Å². The summed E-state index contributed by atoms with van der Waals surface area (Å²) in [5.74, 6) is 0.675. The Morgan fingerprint density at radius 1 is 1.21 bits per heavy atom. The van der Waals surface area contributed by atoms with Crippen LogP contribution < -0.4 is 15.0 Å². The van der Waals surface area contributed by atoms with E-state index in [1.165, 1.54) is 11.3 Å². The Hall–Kier alpha value is -2.84. The summed E-state index contributed by atoms with van der Waals surface area (Å²) in [7, 11) is 1.61. The number of aromatic nitrogens is 1. The van der Waals surface area contributed by atoms with Gasteiger partial charge in [-0.2, -0.15) is 0 Å². The quantitative estimate of drug-likeness (QED) is 0.702. The maximum atomic E-state index is 12.2. The molecule has 0 unspecified atom stereocenters. The summed E-state index contributed by atoms with van der Waals surface area (Å²) in [6.07, 6.45) is -0.533. The molecule has 0 spiro atoms. The number of methoxy groups -OCH3 is 1. The lowest BCUT2D eigenvalue weighted by Gasteiger charge is -2.29. The standard InChI is InChI=1S/C20H21N3O4S/c1-25-16-8-7-15(23-9-11-26-12-10-23)18-17(16)21-19(28-18)22-20(24)27-13-14-5-3-2-4-6-14/h2-8H,9-13H2,1H3,(H,21,22,24). The van der Waals surface area contributed by atoms with Crippen molar-refractivity contribution in [2.45, 2.75) is 6.61 Å². The number of hydrogen-bond acceptors (Lipinski definition) is 7. The fourth-order valence-corrected chi connectivity index (χ4v) is 4.10. The van der Waals surface area contributed by atoms with Crippen LogP contribution in [0.1, 0.15) is 5.56 Å². The summed E-state index contributed by atoms with van der Waals surface area (Å²) >= 11 is 1.41. The highest BCUT2D eigenvalue weighted by Gasteiger charge is 2.20. The van der Waals surface area contributed by atoms with Crippen LogP contribution in [0.4, 0.5) is 15.6 Å². The van der Waals surface area contributed by atoms with Gasteiger partial charge in [-0.25, -0.2) is 9.78 Å². The van der Waals surface area contributed by atoms with Gasteiger partial charge in [-0.05, 0) is 17.7 Å². The lowest BCUT2D eigenvalue weighted by Crippen LogP contribution is -2.36. The number of ether oxygens (including phenoxy) is 3. The number of fused-ring (bicyclic) bond motifs is 1. The molecule has 0 saturated carbocycles. The molecule has 2 heterocycles. The third-order valence-electron chi connectivity index (χ3n) is 4.48. The minimum absolute atomic E-state index is 0.208. The largest absolute Gasteiger partial charge is 0.494 e. The molecule has 0 aliphatic carbocycles. The van der Waals surface area contributed by atoms with Crippen molar-refractivity contribution in [2.24, 2.45) is 0 Å². The first-order chi connectivity index (χ1) is 13.7. The summed E-state index contributed by atoms with van der Waals surface area (Å²) in [5, 5.41) is 3.21. The van der Waals surface area contributed by atoms with E-state index >= 15 is 0 Å². The molecule has 1 fully saturated rings. The van der Waals surface area contributed by atoms with Crippen molar-refractivity contribution in [1.29, 1.82) is 0 Å². The van der Waals surface area contributed by atoms with Crippen LogP contribution in [0.15, 0.2) is 42.5 Å². The average molecular weight is 399 g/mol. The second kappa shape index (κ2) is 8.45. The lowest BCUT2D eigenvalue weighted by atomic mass is 10.2. The van der Waals surface area contributed by atoms with Gasteiger partial charge in [-0.3, -0.25) is 5.32 Å². The van der Waals surface area contributed by atoms with E-state index in [1.54, 1.807) is 7.11 Å². The zero-order valence-corrected chi connectivity index (χ0v) is 16.3. The van der Waals surface area contributed by atoms with E-state index < -0.39 is 6.09 Å². The molecular formula is C20H21N3O4S. The van der Waals surface area contributed by atoms with E-state index in [-0.39, 0.29) is 6.61 Å². The number of carbonyl (C=O) groups excluding carboxylic acids is 1. The van der Waals surface area contributed by atoms with Crippen LogP contribution in [0.25, 0.3) is 10.2 Å². The van der Waals surface area contributed by atoms with Crippen molar-refractivity contribution >= 4 is 38.5 Å². The number of rotatable bonds is 5. The topological polar surface area (TPSA) is 72.9 Å². The van der Waals surface area contributed by atoms with Gasteiger partial charge in [0.1, 0.15) is 17.9 Å². The van der Waals surface area contributed by atoms with E-state index in [4.69, 9.17) is 14.2 Å². The van der Waals surface area contributed by atoms with Gasteiger partial charge in [-0.1, -0.05) is 41.7 Å². The molecule has 1 N–H and O–H groups in total. The van der Waals surface area contributed by atoms with Crippen molar-refractivity contribution in [1.82, 2.24) is 4.98 Å². The predicted molar refractivity (Wildman–Crippen MR) is 109 cm³/mol. The van der Waals surface area contributed by atoms with E-state index in [9.17, 15) is 4.79 Å². The van der Waals surface area contributed by atoms with Crippen LogP contribution in [-0.4, -0.2) is 44.5 Å². The van der Waals surface area contributed by atoms with Gasteiger partial charge < -0.3 is 19.1 Å². The molecule has 0 radical (unpaired) electrons. The molecule has 1 saturated heterocycles. The summed E-state index contributed by atoms with van der Waals surface area (Å²) < 4.78 is 17.2. The Labute approximate surface area is 166 Å². The summed E-state index contributed by atoms with van der Waals surface area (Å²) in [4.78, 5) is 19.0. The number of amides is 1. The fourth-order valence-electron chi connectivity index (χ4n) is 3.09. The van der Waals surface area contributed by atoms with Crippen molar-refractivity contribution < 1.29 is 19.0 Å². The van der Waals surface area contributed by atoms with Crippen molar-refractivity contribution in [3.05, 3.63) is 48.0 Å². The van der Waals surface area contributed by atoms with Gasteiger partial charge in [-0.15, -0.1) is 0 Å². The smallest absolute Gasteiger partial charge is 0.413 e. The molecule has 146 valence electrons. The molecule has 8 heteroatoms. The maximum absolute atomic E-state index is 12.2. The molecule has 1 amide bonds. The molecule has 28 heavy (non-hydrogen) atoms. The van der Waals surface area contributed by atoms with Gasteiger partial charge in [0.15, 0.2) is 5.13 Å². The fraction of sp³-hybridized carbons (Fsp3) is 0.300. The third-order valence-corrected chi connectivity index (χ3v) is 5.47. The van der Waals surface area contributed by atoms with E-state index in [0.29, 0.717) is 24.1 Å². The second-order valence-corrected chi connectivity index (χ2v) is 7.27. The second-order valence-electron chi connectivity index (χ2n) is 6.27. The van der Waals surface area contributed by atoms with Crippen LogP contribution in [0.3, 0.4) is 0 Å². The van der Waals surface area contributed by atoms with E-state index in [1.807, 2.05) is 42.5 Å². The first-order valence-electron chi connectivity index (χ1n) is 9.02. The highest BCUT2D eigenvalue weighted by molar-refractivity contribution is 7.23.